The predicted molar refractivity (Wildman–Crippen MR) is 104 cm³/mol. The minimum Gasteiger partial charge on any atom is -0.494 e. The molecule has 0 fully saturated rings. The third kappa shape index (κ3) is 3.88. The molecule has 0 saturated heterocycles. The molecule has 0 spiro atoms. The Morgan fingerprint density at radius 2 is 1.96 bits per heavy atom. The van der Waals surface area contributed by atoms with E-state index < -0.39 is 11.3 Å². The summed E-state index contributed by atoms with van der Waals surface area (Å²) in [6, 6.07) is 8.75. The molecule has 0 aliphatic carbocycles. The molecular formula is C20H21BrN2O3. The first kappa shape index (κ1) is 19.9. The van der Waals surface area contributed by atoms with Crippen LogP contribution < -0.4 is 5.56 Å². The van der Waals surface area contributed by atoms with Gasteiger partial charge >= 0.3 is 0 Å². The smallest absolute Gasteiger partial charge is 0.271 e. The van der Waals surface area contributed by atoms with Crippen LogP contribution in [-0.4, -0.2) is 15.5 Å². The first-order chi connectivity index (χ1) is 12.4. The van der Waals surface area contributed by atoms with Crippen LogP contribution in [0.2, 0.25) is 0 Å². The Kier molecular flexibility index (Phi) is 6.76. The Balaban J connectivity index is 2.59. The summed E-state index contributed by atoms with van der Waals surface area (Å²) < 4.78 is 1.73. The van der Waals surface area contributed by atoms with Crippen molar-refractivity contribution in [2.75, 3.05) is 0 Å². The lowest BCUT2D eigenvalue weighted by Crippen LogP contribution is -2.27. The summed E-state index contributed by atoms with van der Waals surface area (Å²) in [6.07, 6.45) is 3.67. The van der Waals surface area contributed by atoms with E-state index in [-0.39, 0.29) is 29.1 Å². The number of rotatable bonds is 7. The Morgan fingerprint density at radius 1 is 1.27 bits per heavy atom. The zero-order valence-corrected chi connectivity index (χ0v) is 16.5. The van der Waals surface area contributed by atoms with Gasteiger partial charge in [0.25, 0.3) is 5.56 Å². The molecule has 2 rings (SSSR count). The van der Waals surface area contributed by atoms with Crippen LogP contribution in [0.15, 0.2) is 33.5 Å². The quantitative estimate of drug-likeness (QED) is 0.538. The van der Waals surface area contributed by atoms with Gasteiger partial charge in [-0.1, -0.05) is 54.2 Å². The topological polar surface area (TPSA) is 83.1 Å². The van der Waals surface area contributed by atoms with Crippen molar-refractivity contribution in [2.45, 2.75) is 46.1 Å². The average Bonchev–Trinajstić information content (AvgIpc) is 2.61. The van der Waals surface area contributed by atoms with E-state index in [2.05, 4.69) is 22.9 Å². The van der Waals surface area contributed by atoms with Gasteiger partial charge in [-0.3, -0.25) is 14.2 Å². The van der Waals surface area contributed by atoms with Crippen molar-refractivity contribution < 1.29 is 9.90 Å². The Bertz CT molecular complexity index is 926. The average molecular weight is 417 g/mol. The van der Waals surface area contributed by atoms with Crippen LogP contribution in [0.5, 0.6) is 5.88 Å². The highest BCUT2D eigenvalue weighted by molar-refractivity contribution is 9.10. The number of aromatic nitrogens is 1. The maximum Gasteiger partial charge on any atom is 0.271 e. The van der Waals surface area contributed by atoms with E-state index >= 15 is 0 Å². The molecule has 1 aromatic carbocycles. The van der Waals surface area contributed by atoms with Crippen molar-refractivity contribution in [1.29, 1.82) is 5.26 Å². The molecule has 0 radical (unpaired) electrons. The SMILES string of the molecule is CCCCCCn1c(O)c(C(=O)c2ccccc2Br)c(C)c(C#N)c1=O. The molecule has 26 heavy (non-hydrogen) atoms. The van der Waals surface area contributed by atoms with Gasteiger partial charge in [-0.15, -0.1) is 0 Å². The number of ketones is 1. The largest absolute Gasteiger partial charge is 0.494 e. The first-order valence-corrected chi connectivity index (χ1v) is 9.39. The molecule has 1 N–H and O–H groups in total. The molecule has 0 atom stereocenters. The van der Waals surface area contributed by atoms with Crippen LogP contribution in [0.4, 0.5) is 0 Å². The fraction of sp³-hybridized carbons (Fsp3) is 0.350. The summed E-state index contributed by atoms with van der Waals surface area (Å²) in [6.45, 7) is 3.87. The Hall–Kier alpha value is -2.39. The molecule has 0 aliphatic rings. The number of pyridine rings is 1. The zero-order valence-electron chi connectivity index (χ0n) is 14.9. The maximum atomic E-state index is 13.0. The van der Waals surface area contributed by atoms with Gasteiger partial charge in [0.05, 0.1) is 5.56 Å². The minimum absolute atomic E-state index is 0.00328. The van der Waals surface area contributed by atoms with E-state index in [1.54, 1.807) is 24.3 Å². The van der Waals surface area contributed by atoms with Crippen molar-refractivity contribution in [3.8, 4) is 11.9 Å². The Labute approximate surface area is 161 Å². The second kappa shape index (κ2) is 8.81. The highest BCUT2D eigenvalue weighted by atomic mass is 79.9. The van der Waals surface area contributed by atoms with Crippen molar-refractivity contribution in [3.05, 3.63) is 61.3 Å². The number of carbonyl (C=O) groups is 1. The number of aromatic hydroxyl groups is 1. The minimum atomic E-state index is -0.553. The predicted octanol–water partition coefficient (Wildman–Crippen LogP) is 4.31. The zero-order chi connectivity index (χ0) is 19.3. The lowest BCUT2D eigenvalue weighted by atomic mass is 9.97. The summed E-state index contributed by atoms with van der Waals surface area (Å²) in [7, 11) is 0. The monoisotopic (exact) mass is 416 g/mol. The second-order valence-electron chi connectivity index (χ2n) is 6.14. The van der Waals surface area contributed by atoms with Gasteiger partial charge in [0.1, 0.15) is 11.6 Å². The molecule has 0 aliphatic heterocycles. The van der Waals surface area contributed by atoms with E-state index in [1.807, 2.05) is 6.07 Å². The molecule has 1 aromatic heterocycles. The lowest BCUT2D eigenvalue weighted by molar-refractivity contribution is 0.103. The van der Waals surface area contributed by atoms with Gasteiger partial charge < -0.3 is 5.11 Å². The van der Waals surface area contributed by atoms with Gasteiger partial charge in [0, 0.05) is 16.6 Å². The number of carbonyl (C=O) groups excluding carboxylic acids is 1. The molecule has 1 heterocycles. The highest BCUT2D eigenvalue weighted by Gasteiger charge is 2.25. The summed E-state index contributed by atoms with van der Waals surface area (Å²) in [5.41, 5.74) is -0.0774. The summed E-state index contributed by atoms with van der Waals surface area (Å²) in [4.78, 5) is 25.5. The third-order valence-corrected chi connectivity index (χ3v) is 5.07. The summed E-state index contributed by atoms with van der Waals surface area (Å²) >= 11 is 3.34. The Morgan fingerprint density at radius 3 is 2.58 bits per heavy atom. The van der Waals surface area contributed by atoms with Crippen LogP contribution in [0, 0.1) is 18.3 Å². The van der Waals surface area contributed by atoms with E-state index in [0.717, 1.165) is 23.8 Å². The molecule has 0 amide bonds. The second-order valence-corrected chi connectivity index (χ2v) is 6.99. The number of benzene rings is 1. The van der Waals surface area contributed by atoms with E-state index in [0.29, 0.717) is 16.5 Å². The van der Waals surface area contributed by atoms with Crippen LogP contribution in [0.1, 0.15) is 59.7 Å². The number of hydrogen-bond donors (Lipinski definition) is 1. The van der Waals surface area contributed by atoms with Crippen LogP contribution in [0.25, 0.3) is 0 Å². The highest BCUT2D eigenvalue weighted by Crippen LogP contribution is 2.28. The fourth-order valence-electron chi connectivity index (χ4n) is 2.91. The lowest BCUT2D eigenvalue weighted by Gasteiger charge is -2.16. The molecule has 136 valence electrons. The van der Waals surface area contributed by atoms with Crippen molar-refractivity contribution in [2.24, 2.45) is 0 Å². The van der Waals surface area contributed by atoms with Crippen LogP contribution >= 0.6 is 15.9 Å². The van der Waals surface area contributed by atoms with E-state index in [4.69, 9.17) is 0 Å². The molecule has 6 heteroatoms. The van der Waals surface area contributed by atoms with Crippen LogP contribution in [-0.2, 0) is 6.54 Å². The van der Waals surface area contributed by atoms with Gasteiger partial charge in [-0.25, -0.2) is 0 Å². The number of nitrogens with zero attached hydrogens (tertiary/aromatic N) is 2. The fourth-order valence-corrected chi connectivity index (χ4v) is 3.37. The summed E-state index contributed by atoms with van der Waals surface area (Å²) in [5.74, 6) is -0.796. The molecular weight excluding hydrogens is 396 g/mol. The maximum absolute atomic E-state index is 13.0. The first-order valence-electron chi connectivity index (χ1n) is 8.59. The molecule has 0 unspecified atom stereocenters. The number of halogens is 1. The van der Waals surface area contributed by atoms with Crippen molar-refractivity contribution in [1.82, 2.24) is 4.57 Å². The van der Waals surface area contributed by atoms with E-state index in [9.17, 15) is 20.0 Å². The van der Waals surface area contributed by atoms with Crippen molar-refractivity contribution in [3.63, 3.8) is 0 Å². The number of nitriles is 1. The molecule has 0 saturated carbocycles. The van der Waals surface area contributed by atoms with Crippen molar-refractivity contribution >= 4 is 21.7 Å². The normalized spacial score (nSPS) is 10.5. The number of unbranched alkanes of at least 4 members (excludes halogenated alkanes) is 3. The van der Waals surface area contributed by atoms with E-state index in [1.165, 1.54) is 6.92 Å². The van der Waals surface area contributed by atoms with Gasteiger partial charge in [0.15, 0.2) is 5.78 Å². The van der Waals surface area contributed by atoms with Gasteiger partial charge in [-0.05, 0) is 31.0 Å². The third-order valence-electron chi connectivity index (χ3n) is 4.38. The molecule has 5 nitrogen and oxygen atoms in total. The standard InChI is InChI=1S/C20H21BrN2O3/c1-3-4-5-8-11-23-19(25)15(12-22)13(2)17(20(23)26)18(24)14-9-6-7-10-16(14)21/h6-7,9-10,26H,3-5,8,11H2,1-2H3. The molecule has 2 aromatic rings. The van der Waals surface area contributed by atoms with Crippen LogP contribution in [0.3, 0.4) is 0 Å². The molecule has 0 bridgehead atoms. The number of hydrogen-bond acceptors (Lipinski definition) is 4. The van der Waals surface area contributed by atoms with Gasteiger partial charge in [0.2, 0.25) is 5.88 Å². The van der Waals surface area contributed by atoms with Gasteiger partial charge in [-0.2, -0.15) is 5.26 Å². The summed E-state index contributed by atoms with van der Waals surface area (Å²) in [5, 5.41) is 20.1.